The maximum absolute atomic E-state index is 12.9. The molecule has 0 fully saturated rings. The maximum Gasteiger partial charge on any atom is 0.407 e. The average molecular weight is 317 g/mol. The van der Waals surface area contributed by atoms with Gasteiger partial charge in [-0.25, -0.2) is 13.6 Å². The summed E-state index contributed by atoms with van der Waals surface area (Å²) in [5, 5.41) is 1.85. The SMILES string of the molecule is CC(C)NC(=O)OCC(F)(F)C(F)(F)C(F)(F)C(F)F. The number of carbonyl (C=O) groups is 1. The Hall–Kier alpha value is -1.29. The minimum absolute atomic E-state index is 0.598. The molecule has 120 valence electrons. The Morgan fingerprint density at radius 1 is 1.10 bits per heavy atom. The third-order valence-electron chi connectivity index (χ3n) is 1.94. The van der Waals surface area contributed by atoms with Crippen LogP contribution in [0.4, 0.5) is 39.9 Å². The number of carbonyl (C=O) groups excluding carboxylic acids is 1. The van der Waals surface area contributed by atoms with Gasteiger partial charge in [-0.15, -0.1) is 0 Å². The number of amides is 1. The minimum atomic E-state index is -6.38. The highest BCUT2D eigenvalue weighted by molar-refractivity contribution is 5.67. The Morgan fingerprint density at radius 3 is 1.90 bits per heavy atom. The first kappa shape index (κ1) is 18.7. The Balaban J connectivity index is 4.91. The number of alkyl carbamates (subject to hydrolysis) is 1. The molecule has 0 aliphatic heterocycles. The van der Waals surface area contributed by atoms with Crippen molar-refractivity contribution in [2.45, 2.75) is 44.1 Å². The van der Waals surface area contributed by atoms with Gasteiger partial charge in [0.15, 0.2) is 6.61 Å². The lowest BCUT2D eigenvalue weighted by Crippen LogP contribution is -2.59. The van der Waals surface area contributed by atoms with E-state index in [1.807, 2.05) is 5.32 Å². The fourth-order valence-electron chi connectivity index (χ4n) is 0.905. The molecule has 3 nitrogen and oxygen atoms in total. The van der Waals surface area contributed by atoms with Crippen molar-refractivity contribution in [3.8, 4) is 0 Å². The van der Waals surface area contributed by atoms with Crippen LogP contribution in [0.3, 0.4) is 0 Å². The second kappa shape index (κ2) is 6.00. The van der Waals surface area contributed by atoms with E-state index in [1.54, 1.807) is 0 Å². The van der Waals surface area contributed by atoms with Gasteiger partial charge in [0.25, 0.3) is 0 Å². The van der Waals surface area contributed by atoms with Crippen molar-refractivity contribution in [3.05, 3.63) is 0 Å². The molecule has 1 N–H and O–H groups in total. The molecule has 0 rings (SSSR count). The molecule has 0 aromatic rings. The molecular weight excluding hydrogens is 306 g/mol. The van der Waals surface area contributed by atoms with E-state index in [1.165, 1.54) is 13.8 Å². The summed E-state index contributed by atoms with van der Waals surface area (Å²) in [5.41, 5.74) is 0. The van der Waals surface area contributed by atoms with Crippen LogP contribution in [-0.2, 0) is 4.74 Å². The van der Waals surface area contributed by atoms with Gasteiger partial charge < -0.3 is 10.1 Å². The summed E-state index contributed by atoms with van der Waals surface area (Å²) in [5.74, 6) is -18.3. The van der Waals surface area contributed by atoms with Gasteiger partial charge in [0.2, 0.25) is 0 Å². The number of nitrogens with one attached hydrogen (secondary N) is 1. The monoisotopic (exact) mass is 317 g/mol. The van der Waals surface area contributed by atoms with Gasteiger partial charge in [0, 0.05) is 6.04 Å². The minimum Gasteiger partial charge on any atom is -0.443 e. The van der Waals surface area contributed by atoms with Crippen molar-refractivity contribution >= 4 is 6.09 Å². The van der Waals surface area contributed by atoms with Gasteiger partial charge in [-0.1, -0.05) is 0 Å². The van der Waals surface area contributed by atoms with E-state index in [0.717, 1.165) is 0 Å². The van der Waals surface area contributed by atoms with Crippen LogP contribution in [0, 0.1) is 0 Å². The van der Waals surface area contributed by atoms with E-state index in [0.29, 0.717) is 0 Å². The van der Waals surface area contributed by atoms with E-state index < -0.39 is 42.9 Å². The predicted molar refractivity (Wildman–Crippen MR) is 50.5 cm³/mol. The first-order valence-electron chi connectivity index (χ1n) is 5.10. The number of ether oxygens (including phenoxy) is 1. The van der Waals surface area contributed by atoms with Crippen LogP contribution in [-0.4, -0.2) is 42.9 Å². The number of halogens is 8. The van der Waals surface area contributed by atoms with Crippen molar-refractivity contribution < 1.29 is 44.7 Å². The van der Waals surface area contributed by atoms with Gasteiger partial charge in [-0.2, -0.15) is 26.3 Å². The number of hydrogen-bond acceptors (Lipinski definition) is 2. The highest BCUT2D eigenvalue weighted by Crippen LogP contribution is 2.48. The molecule has 0 saturated heterocycles. The second-order valence-corrected chi connectivity index (χ2v) is 4.08. The predicted octanol–water partition coefficient (Wildman–Crippen LogP) is 3.29. The molecule has 1 amide bonds. The molecule has 0 aliphatic carbocycles. The highest BCUT2D eigenvalue weighted by Gasteiger charge is 2.75. The zero-order chi connectivity index (χ0) is 16.4. The fourth-order valence-corrected chi connectivity index (χ4v) is 0.905. The summed E-state index contributed by atoms with van der Waals surface area (Å²) in [6.07, 6.45) is -6.58. The second-order valence-electron chi connectivity index (χ2n) is 4.08. The molecule has 20 heavy (non-hydrogen) atoms. The van der Waals surface area contributed by atoms with Crippen molar-refractivity contribution in [2.24, 2.45) is 0 Å². The van der Waals surface area contributed by atoms with E-state index in [4.69, 9.17) is 0 Å². The summed E-state index contributed by atoms with van der Waals surface area (Å²) in [7, 11) is 0. The number of rotatable bonds is 6. The lowest BCUT2D eigenvalue weighted by Gasteiger charge is -2.31. The molecule has 0 spiro atoms. The van der Waals surface area contributed by atoms with E-state index in [2.05, 4.69) is 4.74 Å². The summed E-state index contributed by atoms with van der Waals surface area (Å²) in [6.45, 7) is 0.277. The summed E-state index contributed by atoms with van der Waals surface area (Å²) >= 11 is 0. The van der Waals surface area contributed by atoms with Crippen LogP contribution < -0.4 is 5.32 Å². The number of hydrogen-bond donors (Lipinski definition) is 1. The normalized spacial score (nSPS) is 13.8. The first-order chi connectivity index (χ1) is 8.75. The molecule has 0 aromatic heterocycles. The van der Waals surface area contributed by atoms with Crippen molar-refractivity contribution in [3.63, 3.8) is 0 Å². The van der Waals surface area contributed by atoms with Crippen LogP contribution >= 0.6 is 0 Å². The van der Waals surface area contributed by atoms with Crippen LogP contribution in [0.5, 0.6) is 0 Å². The molecule has 0 saturated carbocycles. The van der Waals surface area contributed by atoms with Crippen LogP contribution in [0.1, 0.15) is 13.8 Å². The van der Waals surface area contributed by atoms with Crippen molar-refractivity contribution in [1.82, 2.24) is 5.32 Å². The quantitative estimate of drug-likeness (QED) is 0.764. The zero-order valence-electron chi connectivity index (χ0n) is 10.2. The van der Waals surface area contributed by atoms with E-state index >= 15 is 0 Å². The molecule has 0 aliphatic rings. The topological polar surface area (TPSA) is 38.3 Å². The van der Waals surface area contributed by atoms with Gasteiger partial charge in [0.1, 0.15) is 0 Å². The Morgan fingerprint density at radius 2 is 1.55 bits per heavy atom. The molecule has 0 bridgehead atoms. The van der Waals surface area contributed by atoms with Gasteiger partial charge in [-0.05, 0) is 13.8 Å². The Kier molecular flexibility index (Phi) is 5.61. The van der Waals surface area contributed by atoms with E-state index in [9.17, 15) is 39.9 Å². The number of alkyl halides is 8. The molecule has 0 unspecified atom stereocenters. The third-order valence-corrected chi connectivity index (χ3v) is 1.94. The largest absolute Gasteiger partial charge is 0.443 e. The van der Waals surface area contributed by atoms with Gasteiger partial charge >= 0.3 is 30.3 Å². The standard InChI is InChI=1S/C9H11F8NO2/c1-4(2)18-6(19)20-3-7(12,13)9(16,17)8(14,15)5(10)11/h4-5H,3H2,1-2H3,(H,18,19). The Labute approximate surface area is 108 Å². The average Bonchev–Trinajstić information content (AvgIpc) is 2.24. The van der Waals surface area contributed by atoms with Crippen LogP contribution in [0.15, 0.2) is 0 Å². The third kappa shape index (κ3) is 3.85. The lowest BCUT2D eigenvalue weighted by molar-refractivity contribution is -0.343. The fraction of sp³-hybridized carbons (Fsp3) is 0.889. The molecular formula is C9H11F8NO2. The zero-order valence-corrected chi connectivity index (χ0v) is 10.2. The molecule has 0 aromatic carbocycles. The van der Waals surface area contributed by atoms with Crippen molar-refractivity contribution in [2.75, 3.05) is 6.61 Å². The smallest absolute Gasteiger partial charge is 0.407 e. The van der Waals surface area contributed by atoms with Crippen molar-refractivity contribution in [1.29, 1.82) is 0 Å². The summed E-state index contributed by atoms with van der Waals surface area (Å²) in [6, 6.07) is -0.598. The molecule has 11 heteroatoms. The van der Waals surface area contributed by atoms with E-state index in [-0.39, 0.29) is 0 Å². The van der Waals surface area contributed by atoms with Gasteiger partial charge in [-0.3, -0.25) is 0 Å². The molecule has 0 atom stereocenters. The maximum atomic E-state index is 12.9. The first-order valence-corrected chi connectivity index (χ1v) is 5.10. The summed E-state index contributed by atoms with van der Waals surface area (Å²) in [4.78, 5) is 10.8. The molecule has 0 radical (unpaired) electrons. The molecule has 0 heterocycles. The van der Waals surface area contributed by atoms with Crippen LogP contribution in [0.25, 0.3) is 0 Å². The summed E-state index contributed by atoms with van der Waals surface area (Å²) < 4.78 is 103. The van der Waals surface area contributed by atoms with Gasteiger partial charge in [0.05, 0.1) is 0 Å². The lowest BCUT2D eigenvalue weighted by atomic mass is 10.1. The Bertz CT molecular complexity index is 345. The van der Waals surface area contributed by atoms with Crippen LogP contribution in [0.2, 0.25) is 0 Å². The highest BCUT2D eigenvalue weighted by atomic mass is 19.4.